The predicted molar refractivity (Wildman–Crippen MR) is 72.8 cm³/mol. The summed E-state index contributed by atoms with van der Waals surface area (Å²) >= 11 is 0. The Morgan fingerprint density at radius 1 is 1.32 bits per heavy atom. The van der Waals surface area contributed by atoms with Gasteiger partial charge in [0.1, 0.15) is 23.5 Å². The average molecular weight is 261 g/mol. The van der Waals surface area contributed by atoms with Crippen LogP contribution in [0.5, 0.6) is 0 Å². The van der Waals surface area contributed by atoms with Crippen LogP contribution in [-0.4, -0.2) is 40.4 Å². The zero-order valence-electron chi connectivity index (χ0n) is 11.3. The number of amides is 1. The highest BCUT2D eigenvalue weighted by molar-refractivity contribution is 5.86. The number of hydrogen-bond donors (Lipinski definition) is 2. The Hall–Kier alpha value is -1.85. The molecular weight excluding hydrogens is 242 g/mol. The van der Waals surface area contributed by atoms with E-state index in [-0.39, 0.29) is 11.9 Å². The number of nitrogen functional groups attached to an aromatic ring is 1. The molecule has 102 valence electrons. The highest BCUT2D eigenvalue weighted by Gasteiger charge is 2.31. The fourth-order valence-corrected chi connectivity index (χ4v) is 2.34. The summed E-state index contributed by atoms with van der Waals surface area (Å²) in [5, 5.41) is 3.23. The molecule has 1 unspecified atom stereocenters. The van der Waals surface area contributed by atoms with E-state index in [1.807, 2.05) is 14.0 Å². The van der Waals surface area contributed by atoms with Crippen LogP contribution < -0.4 is 11.1 Å². The molecule has 2 heterocycles. The van der Waals surface area contributed by atoms with Crippen molar-refractivity contribution in [2.24, 2.45) is 0 Å². The first-order valence-electron chi connectivity index (χ1n) is 6.72. The van der Waals surface area contributed by atoms with Crippen LogP contribution in [0.4, 0.5) is 11.6 Å². The monoisotopic (exact) mass is 261 g/mol. The topological polar surface area (TPSA) is 84.1 Å². The van der Waals surface area contributed by atoms with E-state index < -0.39 is 0 Å². The van der Waals surface area contributed by atoms with E-state index in [0.29, 0.717) is 17.6 Å². The molecule has 1 aromatic heterocycles. The molecule has 6 nitrogen and oxygen atoms in total. The molecule has 1 saturated heterocycles. The number of anilines is 2. The van der Waals surface area contributed by atoms with E-state index in [1.165, 1.54) is 0 Å². The first-order chi connectivity index (χ1) is 9.06. The molecule has 6 heteroatoms. The molecule has 2 aliphatic rings. The highest BCUT2D eigenvalue weighted by Crippen LogP contribution is 2.39. The average Bonchev–Trinajstić information content (AvgIpc) is 3.17. The van der Waals surface area contributed by atoms with Crippen molar-refractivity contribution in [3.8, 4) is 0 Å². The number of aromatic nitrogens is 2. The van der Waals surface area contributed by atoms with Crippen molar-refractivity contribution < 1.29 is 4.79 Å². The van der Waals surface area contributed by atoms with Gasteiger partial charge in [-0.3, -0.25) is 4.79 Å². The minimum Gasteiger partial charge on any atom is -0.383 e. The molecular formula is C13H19N5O. The minimum atomic E-state index is -0.190. The first kappa shape index (κ1) is 12.2. The third kappa shape index (κ3) is 2.22. The third-order valence-corrected chi connectivity index (χ3v) is 3.88. The van der Waals surface area contributed by atoms with Gasteiger partial charge in [0, 0.05) is 25.1 Å². The number of carbonyl (C=O) groups is 1. The third-order valence-electron chi connectivity index (χ3n) is 3.88. The molecule has 0 radical (unpaired) electrons. The largest absolute Gasteiger partial charge is 0.383 e. The predicted octanol–water partition coefficient (Wildman–Crippen LogP) is 0.887. The van der Waals surface area contributed by atoms with E-state index in [0.717, 1.165) is 37.2 Å². The van der Waals surface area contributed by atoms with Crippen LogP contribution in [0.2, 0.25) is 0 Å². The van der Waals surface area contributed by atoms with Gasteiger partial charge in [0.05, 0.1) is 0 Å². The van der Waals surface area contributed by atoms with Crippen molar-refractivity contribution in [3.05, 3.63) is 11.4 Å². The lowest BCUT2D eigenvalue weighted by Gasteiger charge is -2.16. The van der Waals surface area contributed by atoms with Crippen LogP contribution in [0, 0.1) is 6.92 Å². The summed E-state index contributed by atoms with van der Waals surface area (Å²) in [6.45, 7) is 2.67. The van der Waals surface area contributed by atoms with Gasteiger partial charge in [-0.25, -0.2) is 9.97 Å². The molecule has 0 spiro atoms. The summed E-state index contributed by atoms with van der Waals surface area (Å²) in [5.74, 6) is 2.60. The van der Waals surface area contributed by atoms with E-state index >= 15 is 0 Å². The van der Waals surface area contributed by atoms with Gasteiger partial charge in [-0.15, -0.1) is 0 Å². The summed E-state index contributed by atoms with van der Waals surface area (Å²) in [6, 6.07) is -0.190. The molecule has 1 amide bonds. The summed E-state index contributed by atoms with van der Waals surface area (Å²) < 4.78 is 0. The number of likely N-dealkylation sites (tertiary alicyclic amines) is 1. The van der Waals surface area contributed by atoms with Crippen molar-refractivity contribution in [1.82, 2.24) is 14.9 Å². The Bertz CT molecular complexity index is 526. The Morgan fingerprint density at radius 3 is 2.63 bits per heavy atom. The second kappa shape index (κ2) is 4.36. The second-order valence-corrected chi connectivity index (χ2v) is 5.46. The number of hydrogen-bond acceptors (Lipinski definition) is 5. The van der Waals surface area contributed by atoms with Crippen LogP contribution in [-0.2, 0) is 4.79 Å². The maximum Gasteiger partial charge on any atom is 0.244 e. The summed E-state index contributed by atoms with van der Waals surface area (Å²) in [5.41, 5.74) is 6.76. The molecule has 19 heavy (non-hydrogen) atoms. The molecule has 3 N–H and O–H groups in total. The van der Waals surface area contributed by atoms with Crippen LogP contribution in [0.15, 0.2) is 0 Å². The molecule has 0 bridgehead atoms. The van der Waals surface area contributed by atoms with Gasteiger partial charge in [-0.1, -0.05) is 0 Å². The van der Waals surface area contributed by atoms with Crippen LogP contribution in [0.3, 0.4) is 0 Å². The Balaban J connectivity index is 1.85. The second-order valence-electron chi connectivity index (χ2n) is 5.46. The van der Waals surface area contributed by atoms with Gasteiger partial charge in [0.25, 0.3) is 0 Å². The minimum absolute atomic E-state index is 0.115. The number of nitrogens with two attached hydrogens (primary N) is 1. The highest BCUT2D eigenvalue weighted by atomic mass is 16.2. The fourth-order valence-electron chi connectivity index (χ4n) is 2.34. The van der Waals surface area contributed by atoms with Gasteiger partial charge in [0.15, 0.2) is 0 Å². The molecule has 1 aliphatic carbocycles. The molecule has 1 aromatic rings. The number of carbonyl (C=O) groups excluding carboxylic acids is 1. The standard InChI is InChI=1S/C13H19N5O/c1-7-10(14)16-12(8-3-4-8)17-11(7)15-9-5-6-18(2)13(9)19/h8-9H,3-6H2,1-2H3,(H3,14,15,16,17). The van der Waals surface area contributed by atoms with Crippen molar-refractivity contribution in [2.45, 2.75) is 38.1 Å². The Labute approximate surface area is 112 Å². The maximum absolute atomic E-state index is 11.9. The van der Waals surface area contributed by atoms with Crippen molar-refractivity contribution in [1.29, 1.82) is 0 Å². The fraction of sp³-hybridized carbons (Fsp3) is 0.615. The molecule has 0 aromatic carbocycles. The first-order valence-corrected chi connectivity index (χ1v) is 6.72. The van der Waals surface area contributed by atoms with E-state index in [1.54, 1.807) is 4.90 Å². The van der Waals surface area contributed by atoms with Gasteiger partial charge < -0.3 is 16.0 Å². The normalized spacial score (nSPS) is 22.9. The van der Waals surface area contributed by atoms with Gasteiger partial charge in [-0.2, -0.15) is 0 Å². The van der Waals surface area contributed by atoms with Gasteiger partial charge >= 0.3 is 0 Å². The molecule has 1 aliphatic heterocycles. The van der Waals surface area contributed by atoms with Crippen molar-refractivity contribution >= 4 is 17.5 Å². The number of nitrogens with one attached hydrogen (secondary N) is 1. The van der Waals surface area contributed by atoms with Crippen molar-refractivity contribution in [3.63, 3.8) is 0 Å². The van der Waals surface area contributed by atoms with E-state index in [9.17, 15) is 4.79 Å². The van der Waals surface area contributed by atoms with Crippen molar-refractivity contribution in [2.75, 3.05) is 24.6 Å². The zero-order chi connectivity index (χ0) is 13.6. The molecule has 2 fully saturated rings. The summed E-state index contributed by atoms with van der Waals surface area (Å²) in [7, 11) is 1.82. The number of nitrogens with zero attached hydrogens (tertiary/aromatic N) is 3. The van der Waals surface area contributed by atoms with E-state index in [4.69, 9.17) is 5.73 Å². The van der Waals surface area contributed by atoms with Crippen LogP contribution >= 0.6 is 0 Å². The molecule has 3 rings (SSSR count). The molecule has 1 atom stereocenters. The quantitative estimate of drug-likeness (QED) is 0.844. The Morgan fingerprint density at radius 2 is 2.05 bits per heavy atom. The van der Waals surface area contributed by atoms with Crippen LogP contribution in [0.1, 0.15) is 36.6 Å². The van der Waals surface area contributed by atoms with Gasteiger partial charge in [0.2, 0.25) is 5.91 Å². The zero-order valence-corrected chi connectivity index (χ0v) is 11.3. The SMILES string of the molecule is Cc1c(N)nc(C2CC2)nc1NC1CCN(C)C1=O. The maximum atomic E-state index is 11.9. The lowest BCUT2D eigenvalue weighted by atomic mass is 10.2. The number of rotatable bonds is 3. The summed E-state index contributed by atoms with van der Waals surface area (Å²) in [6.07, 6.45) is 3.07. The summed E-state index contributed by atoms with van der Waals surface area (Å²) in [4.78, 5) is 22.5. The van der Waals surface area contributed by atoms with E-state index in [2.05, 4.69) is 15.3 Å². The lowest BCUT2D eigenvalue weighted by Crippen LogP contribution is -2.31. The lowest BCUT2D eigenvalue weighted by molar-refractivity contribution is -0.127. The molecule has 1 saturated carbocycles. The smallest absolute Gasteiger partial charge is 0.244 e. The van der Waals surface area contributed by atoms with Gasteiger partial charge in [-0.05, 0) is 26.2 Å². The van der Waals surface area contributed by atoms with Crippen LogP contribution in [0.25, 0.3) is 0 Å². The number of likely N-dealkylation sites (N-methyl/N-ethyl adjacent to an activating group) is 1. The Kier molecular flexibility index (Phi) is 2.80.